The second-order valence-electron chi connectivity index (χ2n) is 8.30. The first kappa shape index (κ1) is 22.6. The van der Waals surface area contributed by atoms with Gasteiger partial charge in [-0.05, 0) is 49.4 Å². The Morgan fingerprint density at radius 3 is 2.64 bits per heavy atom. The van der Waals surface area contributed by atoms with Crippen molar-refractivity contribution in [3.8, 4) is 0 Å². The third-order valence-corrected chi connectivity index (χ3v) is 5.90. The summed E-state index contributed by atoms with van der Waals surface area (Å²) in [6, 6.07) is 15.6. The van der Waals surface area contributed by atoms with Crippen LogP contribution >= 0.6 is 0 Å². The molecule has 0 saturated carbocycles. The average molecular weight is 447 g/mol. The van der Waals surface area contributed by atoms with Gasteiger partial charge in [0.05, 0.1) is 23.7 Å². The molecule has 2 heterocycles. The molecule has 1 unspecified atom stereocenters. The molecule has 7 heteroatoms. The van der Waals surface area contributed by atoms with Crippen LogP contribution < -0.4 is 5.32 Å². The van der Waals surface area contributed by atoms with Crippen LogP contribution in [0.15, 0.2) is 60.8 Å². The van der Waals surface area contributed by atoms with Crippen molar-refractivity contribution in [1.29, 1.82) is 0 Å². The van der Waals surface area contributed by atoms with Crippen molar-refractivity contribution in [1.82, 2.24) is 20.2 Å². The smallest absolute Gasteiger partial charge is 0.254 e. The molecule has 2 aromatic carbocycles. The van der Waals surface area contributed by atoms with E-state index < -0.39 is 0 Å². The number of carbonyl (C=O) groups excluding carboxylic acids is 2. The summed E-state index contributed by atoms with van der Waals surface area (Å²) < 4.78 is 13.5. The molecule has 170 valence electrons. The number of rotatable bonds is 6. The predicted octanol–water partition coefficient (Wildman–Crippen LogP) is 4.15. The third kappa shape index (κ3) is 5.61. The van der Waals surface area contributed by atoms with Crippen LogP contribution in [0.2, 0.25) is 0 Å². The van der Waals surface area contributed by atoms with E-state index in [2.05, 4.69) is 15.3 Å². The fourth-order valence-electron chi connectivity index (χ4n) is 4.16. The number of benzene rings is 2. The normalized spacial score (nSPS) is 15.8. The zero-order valence-corrected chi connectivity index (χ0v) is 18.6. The monoisotopic (exact) mass is 446 g/mol. The molecule has 0 spiro atoms. The quantitative estimate of drug-likeness (QED) is 0.617. The van der Waals surface area contributed by atoms with Gasteiger partial charge >= 0.3 is 0 Å². The van der Waals surface area contributed by atoms with Crippen molar-refractivity contribution in [2.75, 3.05) is 6.54 Å². The number of nitrogens with zero attached hydrogens (tertiary/aromatic N) is 3. The van der Waals surface area contributed by atoms with Crippen LogP contribution in [-0.4, -0.2) is 33.2 Å². The summed E-state index contributed by atoms with van der Waals surface area (Å²) in [6.45, 7) is 2.82. The summed E-state index contributed by atoms with van der Waals surface area (Å²) in [5.74, 6) is -0.114. The molecule has 33 heavy (non-hydrogen) atoms. The number of hydrogen-bond acceptors (Lipinski definition) is 4. The van der Waals surface area contributed by atoms with Gasteiger partial charge in [0.2, 0.25) is 5.91 Å². The van der Waals surface area contributed by atoms with Crippen LogP contribution in [0, 0.1) is 12.7 Å². The van der Waals surface area contributed by atoms with Gasteiger partial charge in [-0.15, -0.1) is 0 Å². The Kier molecular flexibility index (Phi) is 7.07. The Bertz CT molecular complexity index is 1140. The van der Waals surface area contributed by atoms with Gasteiger partial charge in [0.25, 0.3) is 5.91 Å². The first-order valence-electron chi connectivity index (χ1n) is 11.2. The summed E-state index contributed by atoms with van der Waals surface area (Å²) in [4.78, 5) is 36.5. The van der Waals surface area contributed by atoms with Crippen molar-refractivity contribution in [3.63, 3.8) is 0 Å². The van der Waals surface area contributed by atoms with Crippen LogP contribution in [0.4, 0.5) is 4.39 Å². The molecule has 6 nitrogen and oxygen atoms in total. The van der Waals surface area contributed by atoms with Crippen LogP contribution in [0.3, 0.4) is 0 Å². The van der Waals surface area contributed by atoms with E-state index in [1.54, 1.807) is 30.2 Å². The first-order valence-corrected chi connectivity index (χ1v) is 11.2. The molecular weight excluding hydrogens is 419 g/mol. The molecule has 2 amide bonds. The molecule has 0 aliphatic carbocycles. The van der Waals surface area contributed by atoms with E-state index in [4.69, 9.17) is 0 Å². The van der Waals surface area contributed by atoms with Crippen molar-refractivity contribution in [3.05, 3.63) is 94.8 Å². The summed E-state index contributed by atoms with van der Waals surface area (Å²) in [7, 11) is 0. The largest absolute Gasteiger partial charge is 0.348 e. The topological polar surface area (TPSA) is 75.2 Å². The standard InChI is InChI=1S/C26H27FN4O2/c1-18-22(26(33)29-16-19-8-3-2-4-9-19)17-28-25(30-18)23-12-5-6-13-31(23)24(32)15-20-10-7-11-21(27)14-20/h2-4,7-11,14,17,23H,5-6,12-13,15-16H2,1H3,(H,29,33). The Labute approximate surface area is 192 Å². The lowest BCUT2D eigenvalue weighted by molar-refractivity contribution is -0.134. The molecule has 0 bridgehead atoms. The minimum atomic E-state index is -0.351. The number of halogens is 1. The van der Waals surface area contributed by atoms with E-state index in [9.17, 15) is 14.0 Å². The van der Waals surface area contributed by atoms with Crippen LogP contribution in [-0.2, 0) is 17.8 Å². The number of nitrogens with one attached hydrogen (secondary N) is 1. The molecule has 1 N–H and O–H groups in total. The lowest BCUT2D eigenvalue weighted by Crippen LogP contribution is -2.40. The maximum atomic E-state index is 13.5. The lowest BCUT2D eigenvalue weighted by atomic mass is 9.99. The summed E-state index contributed by atoms with van der Waals surface area (Å²) in [5.41, 5.74) is 2.65. The minimum absolute atomic E-state index is 0.0729. The summed E-state index contributed by atoms with van der Waals surface area (Å²) in [6.07, 6.45) is 4.31. The Balaban J connectivity index is 1.46. The van der Waals surface area contributed by atoms with E-state index in [1.807, 2.05) is 30.3 Å². The molecule has 1 aromatic heterocycles. The molecule has 1 fully saturated rings. The SMILES string of the molecule is Cc1nc(C2CCCCN2C(=O)Cc2cccc(F)c2)ncc1C(=O)NCc1ccccc1. The van der Waals surface area contributed by atoms with Crippen LogP contribution in [0.25, 0.3) is 0 Å². The van der Waals surface area contributed by atoms with Crippen molar-refractivity contribution < 1.29 is 14.0 Å². The zero-order valence-electron chi connectivity index (χ0n) is 18.6. The average Bonchev–Trinajstić information content (AvgIpc) is 2.83. The van der Waals surface area contributed by atoms with Gasteiger partial charge in [-0.25, -0.2) is 14.4 Å². The summed E-state index contributed by atoms with van der Waals surface area (Å²) in [5, 5.41) is 2.90. The van der Waals surface area contributed by atoms with Crippen molar-refractivity contribution in [2.45, 2.75) is 45.2 Å². The molecule has 1 saturated heterocycles. The Hall–Kier alpha value is -3.61. The van der Waals surface area contributed by atoms with Crippen molar-refractivity contribution >= 4 is 11.8 Å². The predicted molar refractivity (Wildman–Crippen MR) is 123 cm³/mol. The van der Waals surface area contributed by atoms with Gasteiger partial charge < -0.3 is 10.2 Å². The van der Waals surface area contributed by atoms with E-state index in [0.717, 1.165) is 24.8 Å². The highest BCUT2D eigenvalue weighted by molar-refractivity contribution is 5.94. The van der Waals surface area contributed by atoms with E-state index in [-0.39, 0.29) is 30.1 Å². The maximum absolute atomic E-state index is 13.5. The number of hydrogen-bond donors (Lipinski definition) is 1. The van der Waals surface area contributed by atoms with E-state index in [0.29, 0.717) is 35.7 Å². The molecule has 4 rings (SSSR count). The molecule has 1 aliphatic heterocycles. The molecule has 1 atom stereocenters. The first-order chi connectivity index (χ1) is 16.0. The highest BCUT2D eigenvalue weighted by Crippen LogP contribution is 2.30. The fourth-order valence-corrected chi connectivity index (χ4v) is 4.16. The van der Waals surface area contributed by atoms with Crippen LogP contribution in [0.5, 0.6) is 0 Å². The lowest BCUT2D eigenvalue weighted by Gasteiger charge is -2.35. The third-order valence-electron chi connectivity index (χ3n) is 5.90. The number of amides is 2. The van der Waals surface area contributed by atoms with Gasteiger partial charge in [0.15, 0.2) is 5.82 Å². The number of carbonyl (C=O) groups is 2. The Morgan fingerprint density at radius 1 is 1.09 bits per heavy atom. The second kappa shape index (κ2) is 10.3. The fraction of sp³-hybridized carbons (Fsp3) is 0.308. The maximum Gasteiger partial charge on any atom is 0.254 e. The van der Waals surface area contributed by atoms with Crippen molar-refractivity contribution in [2.24, 2.45) is 0 Å². The second-order valence-corrected chi connectivity index (χ2v) is 8.30. The van der Waals surface area contributed by atoms with E-state index in [1.165, 1.54) is 12.1 Å². The van der Waals surface area contributed by atoms with Crippen LogP contribution in [0.1, 0.15) is 58.3 Å². The minimum Gasteiger partial charge on any atom is -0.348 e. The summed E-state index contributed by atoms with van der Waals surface area (Å²) >= 11 is 0. The highest BCUT2D eigenvalue weighted by atomic mass is 19.1. The Morgan fingerprint density at radius 2 is 1.88 bits per heavy atom. The molecule has 0 radical (unpaired) electrons. The van der Waals surface area contributed by atoms with Gasteiger partial charge in [-0.1, -0.05) is 42.5 Å². The number of piperidine rings is 1. The van der Waals surface area contributed by atoms with Gasteiger partial charge in [-0.2, -0.15) is 0 Å². The van der Waals surface area contributed by atoms with Gasteiger partial charge in [0, 0.05) is 19.3 Å². The molecule has 1 aliphatic rings. The van der Waals surface area contributed by atoms with Gasteiger partial charge in [-0.3, -0.25) is 9.59 Å². The number of aromatic nitrogens is 2. The van der Waals surface area contributed by atoms with Gasteiger partial charge in [0.1, 0.15) is 5.82 Å². The molecular formula is C26H27FN4O2. The highest BCUT2D eigenvalue weighted by Gasteiger charge is 2.30. The van der Waals surface area contributed by atoms with E-state index >= 15 is 0 Å². The molecule has 3 aromatic rings. The zero-order chi connectivity index (χ0) is 23.2. The number of likely N-dealkylation sites (tertiary alicyclic amines) is 1. The number of aryl methyl sites for hydroxylation is 1.